The molecule has 1 heterocycles. The zero-order valence-electron chi connectivity index (χ0n) is 10.5. The van der Waals surface area contributed by atoms with Gasteiger partial charge in [0.25, 0.3) is 0 Å². The van der Waals surface area contributed by atoms with Crippen molar-refractivity contribution in [1.29, 1.82) is 0 Å². The summed E-state index contributed by atoms with van der Waals surface area (Å²) in [4.78, 5) is 25.6. The van der Waals surface area contributed by atoms with Crippen LogP contribution in [0, 0.1) is 0 Å². The molecule has 0 radical (unpaired) electrons. The minimum atomic E-state index is -0.481. The number of nitrogens with zero attached hydrogens (tertiary/aromatic N) is 1. The number of hydrogen-bond acceptors (Lipinski definition) is 2. The van der Waals surface area contributed by atoms with Crippen LogP contribution in [0.5, 0.6) is 0 Å². The van der Waals surface area contributed by atoms with E-state index in [-0.39, 0.29) is 18.2 Å². The first-order valence-electron chi connectivity index (χ1n) is 6.08. The molecule has 1 aromatic rings. The first kappa shape index (κ1) is 14.3. The smallest absolute Gasteiger partial charge is 0.249 e. The van der Waals surface area contributed by atoms with Gasteiger partial charge in [0.1, 0.15) is 6.04 Å². The molecule has 2 rings (SSSR count). The van der Waals surface area contributed by atoms with Gasteiger partial charge in [0.05, 0.1) is 10.7 Å². The normalized spacial score (nSPS) is 20.2. The van der Waals surface area contributed by atoms with Gasteiger partial charge in [-0.1, -0.05) is 34.5 Å². The third-order valence-electron chi connectivity index (χ3n) is 3.07. The summed E-state index contributed by atoms with van der Waals surface area (Å²) in [5, 5.41) is 3.23. The van der Waals surface area contributed by atoms with Crippen molar-refractivity contribution in [2.75, 3.05) is 11.4 Å². The standard InChI is InChI=1S/C13H14BrClN2O2/c1-2-10-13(19)17(6-5-12(18)16-10)11-7-8(14)3-4-9(11)15/h3-4,7,10H,2,5-6H2,1H3,(H,16,18). The van der Waals surface area contributed by atoms with Crippen LogP contribution in [0.15, 0.2) is 22.7 Å². The lowest BCUT2D eigenvalue weighted by molar-refractivity contribution is -0.125. The average Bonchev–Trinajstić information content (AvgIpc) is 2.52. The molecule has 1 aliphatic heterocycles. The van der Waals surface area contributed by atoms with Crippen LogP contribution in [-0.2, 0) is 9.59 Å². The molecule has 4 nitrogen and oxygen atoms in total. The lowest BCUT2D eigenvalue weighted by Gasteiger charge is -2.24. The first-order chi connectivity index (χ1) is 9.02. The van der Waals surface area contributed by atoms with Crippen molar-refractivity contribution in [3.8, 4) is 0 Å². The largest absolute Gasteiger partial charge is 0.344 e. The van der Waals surface area contributed by atoms with E-state index in [1.807, 2.05) is 13.0 Å². The van der Waals surface area contributed by atoms with Gasteiger partial charge in [-0.2, -0.15) is 0 Å². The van der Waals surface area contributed by atoms with E-state index in [1.54, 1.807) is 17.0 Å². The molecule has 1 saturated heterocycles. The summed E-state index contributed by atoms with van der Waals surface area (Å²) in [7, 11) is 0. The third kappa shape index (κ3) is 3.09. The van der Waals surface area contributed by atoms with Gasteiger partial charge < -0.3 is 10.2 Å². The Morgan fingerprint density at radius 3 is 2.89 bits per heavy atom. The van der Waals surface area contributed by atoms with E-state index in [0.29, 0.717) is 23.7 Å². The Hall–Kier alpha value is -1.07. The predicted octanol–water partition coefficient (Wildman–Crippen LogP) is 2.73. The number of rotatable bonds is 2. The highest BCUT2D eigenvalue weighted by molar-refractivity contribution is 9.10. The van der Waals surface area contributed by atoms with Crippen molar-refractivity contribution in [3.63, 3.8) is 0 Å². The lowest BCUT2D eigenvalue weighted by Crippen LogP contribution is -2.44. The zero-order valence-corrected chi connectivity index (χ0v) is 12.8. The summed E-state index contributed by atoms with van der Waals surface area (Å²) < 4.78 is 0.844. The quantitative estimate of drug-likeness (QED) is 0.896. The zero-order chi connectivity index (χ0) is 14.0. The van der Waals surface area contributed by atoms with Crippen molar-refractivity contribution < 1.29 is 9.59 Å². The van der Waals surface area contributed by atoms with E-state index in [9.17, 15) is 9.59 Å². The second-order valence-electron chi connectivity index (χ2n) is 4.36. The second kappa shape index (κ2) is 5.92. The van der Waals surface area contributed by atoms with Gasteiger partial charge >= 0.3 is 0 Å². The van der Waals surface area contributed by atoms with Gasteiger partial charge in [-0.25, -0.2) is 0 Å². The Kier molecular flexibility index (Phi) is 4.47. The number of carbonyl (C=O) groups is 2. The molecule has 0 spiro atoms. The Bertz CT molecular complexity index is 521. The maximum absolute atomic E-state index is 12.4. The highest BCUT2D eigenvalue weighted by Crippen LogP contribution is 2.30. The molecule has 0 bridgehead atoms. The van der Waals surface area contributed by atoms with Crippen LogP contribution in [0.1, 0.15) is 19.8 Å². The Morgan fingerprint density at radius 2 is 2.21 bits per heavy atom. The van der Waals surface area contributed by atoms with E-state index >= 15 is 0 Å². The summed E-state index contributed by atoms with van der Waals surface area (Å²) in [6, 6.07) is 4.86. The van der Waals surface area contributed by atoms with Gasteiger partial charge in [0.2, 0.25) is 11.8 Å². The minimum Gasteiger partial charge on any atom is -0.344 e. The molecule has 0 aliphatic carbocycles. The van der Waals surface area contributed by atoms with Crippen LogP contribution in [0.2, 0.25) is 5.02 Å². The van der Waals surface area contributed by atoms with Crippen LogP contribution >= 0.6 is 27.5 Å². The van der Waals surface area contributed by atoms with Crippen molar-refractivity contribution in [3.05, 3.63) is 27.7 Å². The van der Waals surface area contributed by atoms with Crippen molar-refractivity contribution in [1.82, 2.24) is 5.32 Å². The summed E-state index contributed by atoms with van der Waals surface area (Å²) in [6.07, 6.45) is 0.845. The molecule has 1 fully saturated rings. The number of amides is 2. The van der Waals surface area contributed by atoms with Crippen molar-refractivity contribution in [2.45, 2.75) is 25.8 Å². The number of benzene rings is 1. The number of nitrogens with one attached hydrogen (secondary N) is 1. The van der Waals surface area contributed by atoms with E-state index in [4.69, 9.17) is 11.6 Å². The predicted molar refractivity (Wildman–Crippen MR) is 78.3 cm³/mol. The number of halogens is 2. The monoisotopic (exact) mass is 344 g/mol. The van der Waals surface area contributed by atoms with Gasteiger partial charge in [-0.3, -0.25) is 9.59 Å². The van der Waals surface area contributed by atoms with E-state index in [0.717, 1.165) is 4.47 Å². The molecule has 1 aliphatic rings. The maximum atomic E-state index is 12.4. The molecule has 1 aromatic carbocycles. The summed E-state index contributed by atoms with van der Waals surface area (Å²) in [6.45, 7) is 2.21. The molecule has 6 heteroatoms. The fraction of sp³-hybridized carbons (Fsp3) is 0.385. The first-order valence-corrected chi connectivity index (χ1v) is 7.25. The molecular weight excluding hydrogens is 332 g/mol. The molecule has 1 unspecified atom stereocenters. The summed E-state index contributed by atoms with van der Waals surface area (Å²) >= 11 is 9.52. The average molecular weight is 346 g/mol. The minimum absolute atomic E-state index is 0.103. The highest BCUT2D eigenvalue weighted by Gasteiger charge is 2.30. The molecule has 102 valence electrons. The Labute approximate surface area is 125 Å². The number of hydrogen-bond donors (Lipinski definition) is 1. The second-order valence-corrected chi connectivity index (χ2v) is 5.69. The number of anilines is 1. The molecule has 1 N–H and O–H groups in total. The Balaban J connectivity index is 2.38. The van der Waals surface area contributed by atoms with Gasteiger partial charge in [-0.15, -0.1) is 0 Å². The molecule has 1 atom stereocenters. The SMILES string of the molecule is CCC1NC(=O)CCN(c2cc(Br)ccc2Cl)C1=O. The number of carbonyl (C=O) groups excluding carboxylic acids is 2. The van der Waals surface area contributed by atoms with Crippen LogP contribution in [-0.4, -0.2) is 24.4 Å². The van der Waals surface area contributed by atoms with E-state index < -0.39 is 6.04 Å². The van der Waals surface area contributed by atoms with E-state index in [1.165, 1.54) is 0 Å². The van der Waals surface area contributed by atoms with Crippen molar-refractivity contribution >= 4 is 45.0 Å². The molecule has 0 saturated carbocycles. The summed E-state index contributed by atoms with van der Waals surface area (Å²) in [5.74, 6) is -0.220. The lowest BCUT2D eigenvalue weighted by atomic mass is 10.2. The van der Waals surface area contributed by atoms with Crippen LogP contribution in [0.25, 0.3) is 0 Å². The van der Waals surface area contributed by atoms with Gasteiger partial charge in [0.15, 0.2) is 0 Å². The Morgan fingerprint density at radius 1 is 1.47 bits per heavy atom. The molecule has 2 amide bonds. The molecule has 19 heavy (non-hydrogen) atoms. The molecular formula is C13H14BrClN2O2. The van der Waals surface area contributed by atoms with E-state index in [2.05, 4.69) is 21.2 Å². The topological polar surface area (TPSA) is 49.4 Å². The summed E-state index contributed by atoms with van der Waals surface area (Å²) in [5.41, 5.74) is 0.635. The van der Waals surface area contributed by atoms with Crippen LogP contribution < -0.4 is 10.2 Å². The fourth-order valence-corrected chi connectivity index (χ4v) is 2.62. The fourth-order valence-electron chi connectivity index (χ4n) is 2.05. The third-order valence-corrected chi connectivity index (χ3v) is 3.88. The van der Waals surface area contributed by atoms with Crippen LogP contribution in [0.4, 0.5) is 5.69 Å². The highest BCUT2D eigenvalue weighted by atomic mass is 79.9. The van der Waals surface area contributed by atoms with Crippen molar-refractivity contribution in [2.24, 2.45) is 0 Å². The van der Waals surface area contributed by atoms with Gasteiger partial charge in [0, 0.05) is 17.4 Å². The van der Waals surface area contributed by atoms with Gasteiger partial charge in [-0.05, 0) is 24.6 Å². The van der Waals surface area contributed by atoms with Crippen LogP contribution in [0.3, 0.4) is 0 Å². The maximum Gasteiger partial charge on any atom is 0.249 e. The molecule has 0 aromatic heterocycles.